The summed E-state index contributed by atoms with van der Waals surface area (Å²) in [6.45, 7) is 5.52. The van der Waals surface area contributed by atoms with Gasteiger partial charge in [-0.25, -0.2) is 13.9 Å². The fraction of sp³-hybridized carbons (Fsp3) is 0.314. The number of nitriles is 1. The highest BCUT2D eigenvalue weighted by atomic mass is 19.4. The van der Waals surface area contributed by atoms with Crippen LogP contribution in [-0.2, 0) is 17.5 Å². The van der Waals surface area contributed by atoms with E-state index >= 15 is 4.39 Å². The van der Waals surface area contributed by atoms with E-state index in [0.29, 0.717) is 29.3 Å². The number of anilines is 1. The Morgan fingerprint density at radius 2 is 1.86 bits per heavy atom. The largest absolute Gasteiger partial charge is 0.444 e. The molecule has 3 unspecified atom stereocenters. The van der Waals surface area contributed by atoms with Crippen LogP contribution in [0.4, 0.5) is 28.0 Å². The number of amides is 2. The molecule has 0 saturated heterocycles. The average molecular weight is 679 g/mol. The SMILES string of the molecule is CC(C)(C)OC(=O)NCc1cccc(-n2nc(C(F)(F)F)cc2C(=O)Nc2cc(C(O)c3cc(C#N)cc(C4CC4CN)c3)ccc2F)c1. The molecule has 2 amide bonds. The molecule has 1 saturated carbocycles. The number of rotatable bonds is 9. The summed E-state index contributed by atoms with van der Waals surface area (Å²) in [6, 6.07) is 17.1. The molecule has 49 heavy (non-hydrogen) atoms. The molecule has 0 bridgehead atoms. The summed E-state index contributed by atoms with van der Waals surface area (Å²) < 4.78 is 62.3. The molecule has 0 spiro atoms. The number of hydrogen-bond donors (Lipinski definition) is 4. The van der Waals surface area contributed by atoms with Crippen molar-refractivity contribution in [3.63, 3.8) is 0 Å². The Hall–Kier alpha value is -5.26. The maximum atomic E-state index is 15.0. The second-order valence-electron chi connectivity index (χ2n) is 12.8. The predicted octanol–water partition coefficient (Wildman–Crippen LogP) is 6.32. The summed E-state index contributed by atoms with van der Waals surface area (Å²) in [6.07, 6.45) is -6.08. The molecule has 1 heterocycles. The first-order chi connectivity index (χ1) is 23.1. The standard InChI is InChI=1S/C35H34F4N6O4/c1-34(2,3)49-33(48)42-18-19-5-4-6-25(11-19)45-29(15-30(44-45)35(37,38)39)32(47)43-28-14-21(7-8-27(28)36)31(46)23-10-20(16-40)9-22(12-23)26-13-24(26)17-41/h4-12,14-15,24,26,31,46H,13,17-18,41H2,1-3H3,(H,42,48)(H,43,47). The quantitative estimate of drug-likeness (QED) is 0.151. The van der Waals surface area contributed by atoms with E-state index in [9.17, 15) is 33.1 Å². The lowest BCUT2D eigenvalue weighted by Crippen LogP contribution is -2.32. The topological polar surface area (TPSA) is 155 Å². The van der Waals surface area contributed by atoms with Gasteiger partial charge in [-0.1, -0.05) is 24.3 Å². The van der Waals surface area contributed by atoms with Gasteiger partial charge in [0, 0.05) is 12.6 Å². The zero-order valence-electron chi connectivity index (χ0n) is 26.8. The number of carbonyl (C=O) groups excluding carboxylic acids is 2. The van der Waals surface area contributed by atoms with E-state index in [1.165, 1.54) is 36.4 Å². The van der Waals surface area contributed by atoms with E-state index in [0.717, 1.165) is 22.7 Å². The summed E-state index contributed by atoms with van der Waals surface area (Å²) in [5.74, 6) is -1.59. The van der Waals surface area contributed by atoms with Crippen LogP contribution >= 0.6 is 0 Å². The van der Waals surface area contributed by atoms with Gasteiger partial charge in [-0.2, -0.15) is 23.5 Å². The molecule has 256 valence electrons. The third kappa shape index (κ3) is 8.43. The summed E-state index contributed by atoms with van der Waals surface area (Å²) in [7, 11) is 0. The van der Waals surface area contributed by atoms with E-state index in [1.54, 1.807) is 39.0 Å². The molecule has 1 aliphatic rings. The van der Waals surface area contributed by atoms with Crippen molar-refractivity contribution >= 4 is 17.7 Å². The second kappa shape index (κ2) is 13.7. The number of nitrogens with zero attached hydrogens (tertiary/aromatic N) is 3. The number of aromatic nitrogens is 2. The summed E-state index contributed by atoms with van der Waals surface area (Å²) in [5, 5.41) is 29.3. The van der Waals surface area contributed by atoms with Crippen molar-refractivity contribution in [2.24, 2.45) is 11.7 Å². The molecule has 5 rings (SSSR count). The number of alkyl carbamates (subject to hydrolysis) is 1. The number of ether oxygens (including phenoxy) is 1. The first kappa shape index (κ1) is 35.1. The Kier molecular flexibility index (Phi) is 9.80. The van der Waals surface area contributed by atoms with Gasteiger partial charge in [0.25, 0.3) is 5.91 Å². The lowest BCUT2D eigenvalue weighted by Gasteiger charge is -2.19. The van der Waals surface area contributed by atoms with Crippen LogP contribution in [0.25, 0.3) is 5.69 Å². The van der Waals surface area contributed by atoms with Crippen LogP contribution in [0.3, 0.4) is 0 Å². The minimum Gasteiger partial charge on any atom is -0.444 e. The van der Waals surface area contributed by atoms with E-state index in [4.69, 9.17) is 10.5 Å². The van der Waals surface area contributed by atoms with Gasteiger partial charge in [0.1, 0.15) is 23.2 Å². The Balaban J connectivity index is 1.42. The first-order valence-electron chi connectivity index (χ1n) is 15.3. The van der Waals surface area contributed by atoms with Crippen LogP contribution in [-0.4, -0.2) is 39.0 Å². The van der Waals surface area contributed by atoms with Crippen LogP contribution in [0.2, 0.25) is 0 Å². The minimum absolute atomic E-state index is 0.0367. The lowest BCUT2D eigenvalue weighted by atomic mass is 9.95. The predicted molar refractivity (Wildman–Crippen MR) is 171 cm³/mol. The van der Waals surface area contributed by atoms with Crippen LogP contribution in [0.15, 0.2) is 66.7 Å². The number of nitrogens with one attached hydrogen (secondary N) is 2. The van der Waals surface area contributed by atoms with E-state index in [1.807, 2.05) is 0 Å². The molecular weight excluding hydrogens is 644 g/mol. The summed E-state index contributed by atoms with van der Waals surface area (Å²) in [5.41, 5.74) is 4.95. The molecule has 1 aromatic heterocycles. The number of hydrogen-bond acceptors (Lipinski definition) is 7. The Labute approximate surface area is 279 Å². The Morgan fingerprint density at radius 3 is 2.51 bits per heavy atom. The number of nitrogens with two attached hydrogens (primary N) is 1. The highest BCUT2D eigenvalue weighted by molar-refractivity contribution is 6.03. The van der Waals surface area contributed by atoms with Crippen molar-refractivity contribution in [1.82, 2.24) is 15.1 Å². The molecule has 1 aliphatic carbocycles. The molecule has 14 heteroatoms. The maximum Gasteiger partial charge on any atom is 0.435 e. The molecule has 3 atom stereocenters. The highest BCUT2D eigenvalue weighted by Gasteiger charge is 2.38. The average Bonchev–Trinajstić information content (AvgIpc) is 3.70. The molecule has 3 aromatic carbocycles. The molecular formula is C35H34F4N6O4. The first-order valence-corrected chi connectivity index (χ1v) is 15.3. The number of carbonyl (C=O) groups is 2. The lowest BCUT2D eigenvalue weighted by molar-refractivity contribution is -0.141. The van der Waals surface area contributed by atoms with E-state index in [2.05, 4.69) is 21.8 Å². The van der Waals surface area contributed by atoms with Crippen molar-refractivity contribution < 1.29 is 37.0 Å². The van der Waals surface area contributed by atoms with E-state index in [-0.39, 0.29) is 29.6 Å². The highest BCUT2D eigenvalue weighted by Crippen LogP contribution is 2.47. The summed E-state index contributed by atoms with van der Waals surface area (Å²) in [4.78, 5) is 25.6. The van der Waals surface area contributed by atoms with Crippen molar-refractivity contribution in [3.05, 3.63) is 112 Å². The molecule has 0 radical (unpaired) electrons. The fourth-order valence-electron chi connectivity index (χ4n) is 5.38. The molecule has 1 fully saturated rings. The maximum absolute atomic E-state index is 15.0. The molecule has 0 aliphatic heterocycles. The van der Waals surface area contributed by atoms with Crippen molar-refractivity contribution in [2.45, 2.75) is 57.5 Å². The number of aliphatic hydroxyl groups is 1. The minimum atomic E-state index is -4.91. The second-order valence-corrected chi connectivity index (χ2v) is 12.8. The normalized spacial score (nSPS) is 16.4. The molecule has 5 N–H and O–H groups in total. The van der Waals surface area contributed by atoms with Crippen LogP contribution in [0, 0.1) is 23.1 Å². The number of halogens is 4. The van der Waals surface area contributed by atoms with Crippen LogP contribution < -0.4 is 16.4 Å². The summed E-state index contributed by atoms with van der Waals surface area (Å²) >= 11 is 0. The smallest absolute Gasteiger partial charge is 0.435 e. The third-order valence-corrected chi connectivity index (χ3v) is 7.85. The van der Waals surface area contributed by atoms with Crippen molar-refractivity contribution in [1.29, 1.82) is 5.26 Å². The van der Waals surface area contributed by atoms with Gasteiger partial charge in [0.05, 0.1) is 23.0 Å². The number of benzene rings is 3. The van der Waals surface area contributed by atoms with Gasteiger partial charge < -0.3 is 26.2 Å². The number of alkyl halides is 3. The fourth-order valence-corrected chi connectivity index (χ4v) is 5.38. The van der Waals surface area contributed by atoms with Gasteiger partial charge in [0.15, 0.2) is 5.69 Å². The third-order valence-electron chi connectivity index (χ3n) is 7.85. The van der Waals surface area contributed by atoms with Crippen molar-refractivity contribution in [3.8, 4) is 11.8 Å². The zero-order chi connectivity index (χ0) is 35.7. The monoisotopic (exact) mass is 678 g/mol. The zero-order valence-corrected chi connectivity index (χ0v) is 26.8. The van der Waals surface area contributed by atoms with Crippen LogP contribution in [0.5, 0.6) is 0 Å². The van der Waals surface area contributed by atoms with Gasteiger partial charge in [-0.3, -0.25) is 4.79 Å². The Morgan fingerprint density at radius 1 is 1.10 bits per heavy atom. The van der Waals surface area contributed by atoms with Crippen LogP contribution in [0.1, 0.15) is 83.2 Å². The van der Waals surface area contributed by atoms with Gasteiger partial charge in [0.2, 0.25) is 0 Å². The van der Waals surface area contributed by atoms with E-state index < -0.39 is 52.8 Å². The molecule has 4 aromatic rings. The van der Waals surface area contributed by atoms with Gasteiger partial charge in [-0.05, 0) is 104 Å². The Bertz CT molecular complexity index is 1930. The van der Waals surface area contributed by atoms with Gasteiger partial charge in [-0.15, -0.1) is 0 Å². The van der Waals surface area contributed by atoms with Gasteiger partial charge >= 0.3 is 12.3 Å². The number of aliphatic hydroxyl groups excluding tert-OH is 1. The molecule has 10 nitrogen and oxygen atoms in total. The van der Waals surface area contributed by atoms with Crippen molar-refractivity contribution in [2.75, 3.05) is 11.9 Å².